The van der Waals surface area contributed by atoms with Gasteiger partial charge < -0.3 is 5.11 Å². The van der Waals surface area contributed by atoms with Crippen LogP contribution in [0.5, 0.6) is 5.88 Å². The molecule has 0 saturated heterocycles. The topological polar surface area (TPSA) is 112 Å². The van der Waals surface area contributed by atoms with Gasteiger partial charge in [-0.05, 0) is 6.92 Å². The molecule has 1 rings (SSSR count). The van der Waals surface area contributed by atoms with Crippen LogP contribution in [0.2, 0.25) is 0 Å². The van der Waals surface area contributed by atoms with E-state index in [1.54, 1.807) is 0 Å². The Morgan fingerprint density at radius 3 is 2.39 bits per heavy atom. The molecule has 0 fully saturated rings. The highest BCUT2D eigenvalue weighted by Crippen LogP contribution is 2.08. The van der Waals surface area contributed by atoms with E-state index in [2.05, 4.69) is 0 Å². The summed E-state index contributed by atoms with van der Waals surface area (Å²) in [6, 6.07) is 0. The molecule has 0 spiro atoms. The van der Waals surface area contributed by atoms with Crippen LogP contribution in [0, 0.1) is 6.92 Å². The van der Waals surface area contributed by atoms with E-state index >= 15 is 0 Å². The van der Waals surface area contributed by atoms with Crippen molar-refractivity contribution in [3.05, 3.63) is 26.4 Å². The second-order valence-corrected chi connectivity index (χ2v) is 6.26. The molecule has 2 N–H and O–H groups in total. The fourth-order valence-electron chi connectivity index (χ4n) is 1.26. The zero-order valence-corrected chi connectivity index (χ0v) is 11.1. The standard InChI is InChI=1S/C9H15N3O5S/c1-6-7(13)10-9(15)12(8(6)14)4-5-18(16,17)11(2)3/h14H,4-5H2,1-3H3,(H,10,13,15). The Morgan fingerprint density at radius 1 is 1.33 bits per heavy atom. The van der Waals surface area contributed by atoms with Gasteiger partial charge in [0, 0.05) is 20.6 Å². The van der Waals surface area contributed by atoms with Crippen molar-refractivity contribution in [3.63, 3.8) is 0 Å². The number of nitrogens with zero attached hydrogens (tertiary/aromatic N) is 2. The maximum absolute atomic E-state index is 11.5. The number of sulfonamides is 1. The van der Waals surface area contributed by atoms with Crippen LogP contribution >= 0.6 is 0 Å². The van der Waals surface area contributed by atoms with Crippen LogP contribution < -0.4 is 11.2 Å². The lowest BCUT2D eigenvalue weighted by Gasteiger charge is -2.13. The van der Waals surface area contributed by atoms with Crippen molar-refractivity contribution in [1.82, 2.24) is 13.9 Å². The fraction of sp³-hybridized carbons (Fsp3) is 0.556. The van der Waals surface area contributed by atoms with Crippen LogP contribution in [0.25, 0.3) is 0 Å². The molecule has 0 unspecified atom stereocenters. The summed E-state index contributed by atoms with van der Waals surface area (Å²) in [5.74, 6) is -0.864. The van der Waals surface area contributed by atoms with Gasteiger partial charge in [-0.15, -0.1) is 0 Å². The minimum Gasteiger partial charge on any atom is -0.494 e. The molecule has 0 aromatic carbocycles. The van der Waals surface area contributed by atoms with Gasteiger partial charge in [0.05, 0.1) is 11.3 Å². The molecule has 9 heteroatoms. The summed E-state index contributed by atoms with van der Waals surface area (Å²) in [7, 11) is -0.740. The van der Waals surface area contributed by atoms with Crippen molar-refractivity contribution in [2.24, 2.45) is 0 Å². The molecule has 0 saturated carbocycles. The van der Waals surface area contributed by atoms with Crippen molar-refractivity contribution < 1.29 is 13.5 Å². The molecule has 102 valence electrons. The molecule has 0 bridgehead atoms. The number of aromatic nitrogens is 2. The lowest BCUT2D eigenvalue weighted by Crippen LogP contribution is -2.34. The summed E-state index contributed by atoms with van der Waals surface area (Å²) in [4.78, 5) is 24.6. The number of aromatic amines is 1. The van der Waals surface area contributed by atoms with Gasteiger partial charge in [-0.25, -0.2) is 17.5 Å². The Labute approximate surface area is 104 Å². The van der Waals surface area contributed by atoms with Crippen LogP contribution in [0.1, 0.15) is 5.56 Å². The van der Waals surface area contributed by atoms with Crippen LogP contribution in [0.4, 0.5) is 0 Å². The Kier molecular flexibility index (Phi) is 3.97. The summed E-state index contributed by atoms with van der Waals surface area (Å²) >= 11 is 0. The smallest absolute Gasteiger partial charge is 0.331 e. The van der Waals surface area contributed by atoms with Gasteiger partial charge in [0.2, 0.25) is 15.9 Å². The summed E-state index contributed by atoms with van der Waals surface area (Å²) in [6.45, 7) is 1.10. The molecule has 0 radical (unpaired) electrons. The van der Waals surface area contributed by atoms with Gasteiger partial charge in [0.1, 0.15) is 0 Å². The molecule has 18 heavy (non-hydrogen) atoms. The molecule has 0 amide bonds. The van der Waals surface area contributed by atoms with E-state index in [4.69, 9.17) is 0 Å². The minimum atomic E-state index is -3.48. The molecular formula is C9H15N3O5S. The number of aromatic hydroxyl groups is 1. The van der Waals surface area contributed by atoms with Gasteiger partial charge in [-0.1, -0.05) is 0 Å². The predicted octanol–water partition coefficient (Wildman–Crippen LogP) is -1.56. The third-order valence-corrected chi connectivity index (χ3v) is 4.34. The second-order valence-electron chi connectivity index (χ2n) is 3.96. The highest BCUT2D eigenvalue weighted by atomic mass is 32.2. The summed E-state index contributed by atoms with van der Waals surface area (Å²) < 4.78 is 24.9. The second kappa shape index (κ2) is 4.94. The third-order valence-electron chi connectivity index (χ3n) is 2.53. The zero-order valence-electron chi connectivity index (χ0n) is 10.3. The van der Waals surface area contributed by atoms with Crippen LogP contribution in [-0.4, -0.2) is 47.2 Å². The normalized spacial score (nSPS) is 12.0. The van der Waals surface area contributed by atoms with E-state index in [-0.39, 0.29) is 17.9 Å². The highest BCUT2D eigenvalue weighted by Gasteiger charge is 2.16. The van der Waals surface area contributed by atoms with Crippen LogP contribution in [0.15, 0.2) is 9.59 Å². The Bertz CT molecular complexity index is 656. The molecular weight excluding hydrogens is 262 g/mol. The molecule has 1 aromatic heterocycles. The average molecular weight is 277 g/mol. The van der Waals surface area contributed by atoms with Crippen LogP contribution in [-0.2, 0) is 16.6 Å². The SMILES string of the molecule is Cc1c(O)n(CCS(=O)(=O)N(C)C)c(=O)[nH]c1=O. The largest absolute Gasteiger partial charge is 0.494 e. The Hall–Kier alpha value is -1.61. The lowest BCUT2D eigenvalue weighted by molar-refractivity contribution is 0.399. The lowest BCUT2D eigenvalue weighted by atomic mass is 10.3. The summed E-state index contributed by atoms with van der Waals surface area (Å²) in [5, 5.41) is 9.63. The molecule has 0 aliphatic heterocycles. The number of nitrogens with one attached hydrogen (secondary N) is 1. The zero-order chi connectivity index (χ0) is 14.1. The number of rotatable bonds is 4. The summed E-state index contributed by atoms with van der Waals surface area (Å²) in [5.41, 5.74) is -1.56. The fourth-order valence-corrected chi connectivity index (χ4v) is 2.03. The molecule has 0 aliphatic carbocycles. The number of H-pyrrole nitrogens is 1. The van der Waals surface area contributed by atoms with E-state index in [0.717, 1.165) is 8.87 Å². The molecule has 0 atom stereocenters. The van der Waals surface area contributed by atoms with Gasteiger partial charge >= 0.3 is 5.69 Å². The van der Waals surface area contributed by atoms with E-state index in [1.807, 2.05) is 4.98 Å². The molecule has 1 heterocycles. The number of hydrogen-bond acceptors (Lipinski definition) is 5. The Balaban J connectivity index is 3.12. The van der Waals surface area contributed by atoms with E-state index in [1.165, 1.54) is 21.0 Å². The van der Waals surface area contributed by atoms with Crippen molar-refractivity contribution in [1.29, 1.82) is 0 Å². The van der Waals surface area contributed by atoms with E-state index in [9.17, 15) is 23.1 Å². The van der Waals surface area contributed by atoms with Crippen LogP contribution in [0.3, 0.4) is 0 Å². The van der Waals surface area contributed by atoms with E-state index < -0.39 is 27.2 Å². The van der Waals surface area contributed by atoms with Crippen molar-refractivity contribution in [2.75, 3.05) is 19.8 Å². The van der Waals surface area contributed by atoms with Crippen molar-refractivity contribution in [2.45, 2.75) is 13.5 Å². The minimum absolute atomic E-state index is 0.0307. The first-order valence-electron chi connectivity index (χ1n) is 5.09. The van der Waals surface area contributed by atoms with Crippen molar-refractivity contribution in [3.8, 4) is 5.88 Å². The first-order valence-corrected chi connectivity index (χ1v) is 6.70. The quantitative estimate of drug-likeness (QED) is 0.691. The third kappa shape index (κ3) is 2.79. The monoisotopic (exact) mass is 277 g/mol. The highest BCUT2D eigenvalue weighted by molar-refractivity contribution is 7.89. The molecule has 8 nitrogen and oxygen atoms in total. The summed E-state index contributed by atoms with van der Waals surface area (Å²) in [6.07, 6.45) is 0. The van der Waals surface area contributed by atoms with E-state index in [0.29, 0.717) is 0 Å². The Morgan fingerprint density at radius 2 is 1.89 bits per heavy atom. The maximum Gasteiger partial charge on any atom is 0.331 e. The van der Waals surface area contributed by atoms with Gasteiger partial charge in [0.25, 0.3) is 5.56 Å². The average Bonchev–Trinajstić information content (AvgIpc) is 2.25. The first kappa shape index (κ1) is 14.5. The predicted molar refractivity (Wildman–Crippen MR) is 65.2 cm³/mol. The van der Waals surface area contributed by atoms with Gasteiger partial charge in [-0.2, -0.15) is 0 Å². The molecule has 0 aliphatic rings. The van der Waals surface area contributed by atoms with Gasteiger partial charge in [-0.3, -0.25) is 14.3 Å². The van der Waals surface area contributed by atoms with Crippen molar-refractivity contribution >= 4 is 10.0 Å². The molecule has 1 aromatic rings. The van der Waals surface area contributed by atoms with Gasteiger partial charge in [0.15, 0.2) is 0 Å². The number of hydrogen-bond donors (Lipinski definition) is 2. The first-order chi connectivity index (χ1) is 8.16. The maximum atomic E-state index is 11.5.